The molecular weight excluding hydrogens is 222 g/mol. The maximum atomic E-state index is 11.7. The van der Waals surface area contributed by atoms with Gasteiger partial charge in [0.15, 0.2) is 0 Å². The van der Waals surface area contributed by atoms with Crippen molar-refractivity contribution >= 4 is 11.7 Å². The lowest BCUT2D eigenvalue weighted by atomic mass is 10.4. The third-order valence-corrected chi connectivity index (χ3v) is 2.35. The van der Waals surface area contributed by atoms with Gasteiger partial charge in [-0.3, -0.25) is 9.59 Å². The molecule has 0 aliphatic carbocycles. The average molecular weight is 239 g/mol. The Labute approximate surface area is 99.8 Å². The van der Waals surface area contributed by atoms with Crippen molar-refractivity contribution in [2.45, 2.75) is 20.4 Å². The predicted octanol–water partition coefficient (Wildman–Crippen LogP) is 0.263. The van der Waals surface area contributed by atoms with Crippen LogP contribution in [0.3, 0.4) is 0 Å². The van der Waals surface area contributed by atoms with Crippen molar-refractivity contribution in [2.75, 3.05) is 25.1 Å². The van der Waals surface area contributed by atoms with Gasteiger partial charge in [0.25, 0.3) is 5.56 Å². The van der Waals surface area contributed by atoms with Crippen molar-refractivity contribution in [3.05, 3.63) is 22.6 Å². The molecule has 1 aromatic heterocycles. The van der Waals surface area contributed by atoms with E-state index in [4.69, 9.17) is 4.74 Å². The van der Waals surface area contributed by atoms with Crippen LogP contribution < -0.4 is 10.5 Å². The summed E-state index contributed by atoms with van der Waals surface area (Å²) in [5.41, 5.74) is 0.425. The van der Waals surface area contributed by atoms with Crippen LogP contribution in [0.5, 0.6) is 0 Å². The highest BCUT2D eigenvalue weighted by Crippen LogP contribution is 2.05. The van der Waals surface area contributed by atoms with E-state index in [0.29, 0.717) is 6.61 Å². The number of rotatable bonds is 5. The maximum absolute atomic E-state index is 11.7. The summed E-state index contributed by atoms with van der Waals surface area (Å²) < 4.78 is 5.84. The van der Waals surface area contributed by atoms with Gasteiger partial charge in [0.05, 0.1) is 18.5 Å². The Balaban J connectivity index is 2.83. The van der Waals surface area contributed by atoms with Gasteiger partial charge < -0.3 is 9.64 Å². The van der Waals surface area contributed by atoms with Crippen LogP contribution in [0.4, 0.5) is 5.69 Å². The number of carbonyl (C=O) groups is 1. The zero-order valence-electron chi connectivity index (χ0n) is 10.3. The third kappa shape index (κ3) is 3.58. The second-order valence-corrected chi connectivity index (χ2v) is 3.53. The number of anilines is 1. The van der Waals surface area contributed by atoms with Crippen LogP contribution in [-0.2, 0) is 16.1 Å². The Morgan fingerprint density at radius 1 is 1.53 bits per heavy atom. The van der Waals surface area contributed by atoms with Gasteiger partial charge in [0, 0.05) is 19.7 Å². The topological polar surface area (TPSA) is 64.4 Å². The van der Waals surface area contributed by atoms with Gasteiger partial charge in [-0.1, -0.05) is 0 Å². The molecule has 0 saturated carbocycles. The molecule has 0 N–H and O–H groups in total. The van der Waals surface area contributed by atoms with Crippen molar-refractivity contribution in [3.63, 3.8) is 0 Å². The molecule has 0 bridgehead atoms. The van der Waals surface area contributed by atoms with Crippen molar-refractivity contribution in [3.8, 4) is 0 Å². The van der Waals surface area contributed by atoms with Crippen LogP contribution in [0.1, 0.15) is 13.8 Å². The monoisotopic (exact) mass is 239 g/mol. The van der Waals surface area contributed by atoms with Crippen LogP contribution >= 0.6 is 0 Å². The zero-order chi connectivity index (χ0) is 12.8. The lowest BCUT2D eigenvalue weighted by molar-refractivity contribution is -0.144. The molecule has 1 rings (SSSR count). The van der Waals surface area contributed by atoms with Crippen LogP contribution in [0.2, 0.25) is 0 Å². The van der Waals surface area contributed by atoms with E-state index < -0.39 is 5.97 Å². The second-order valence-electron chi connectivity index (χ2n) is 3.53. The first-order valence-electron chi connectivity index (χ1n) is 5.52. The maximum Gasteiger partial charge on any atom is 0.327 e. The highest BCUT2D eigenvalue weighted by molar-refractivity contribution is 5.68. The summed E-state index contributed by atoms with van der Waals surface area (Å²) in [6.07, 6.45) is 1.56. The Bertz CT molecular complexity index is 442. The number of nitrogens with zero attached hydrogens (tertiary/aromatic N) is 3. The van der Waals surface area contributed by atoms with Crippen LogP contribution in [0.25, 0.3) is 0 Å². The summed E-state index contributed by atoms with van der Waals surface area (Å²) in [4.78, 5) is 24.8. The summed E-state index contributed by atoms with van der Waals surface area (Å²) in [6, 6.07) is 1.45. The van der Waals surface area contributed by atoms with E-state index in [0.717, 1.165) is 16.9 Å². The van der Waals surface area contributed by atoms with E-state index in [-0.39, 0.29) is 12.1 Å². The molecule has 0 amide bonds. The first kappa shape index (κ1) is 13.2. The zero-order valence-corrected chi connectivity index (χ0v) is 10.3. The Morgan fingerprint density at radius 2 is 2.24 bits per heavy atom. The molecule has 0 aliphatic heterocycles. The molecule has 17 heavy (non-hydrogen) atoms. The lowest BCUT2D eigenvalue weighted by Gasteiger charge is -2.16. The summed E-state index contributed by atoms with van der Waals surface area (Å²) in [7, 11) is 1.87. The number of aromatic nitrogens is 2. The molecule has 6 nitrogen and oxygen atoms in total. The smallest absolute Gasteiger partial charge is 0.327 e. The quantitative estimate of drug-likeness (QED) is 0.690. The van der Waals surface area contributed by atoms with Gasteiger partial charge >= 0.3 is 5.97 Å². The van der Waals surface area contributed by atoms with Gasteiger partial charge in [-0.15, -0.1) is 0 Å². The summed E-state index contributed by atoms with van der Waals surface area (Å²) in [5.74, 6) is -0.460. The number of esters is 1. The molecule has 1 aromatic rings. The molecule has 0 spiro atoms. The number of hydrogen-bond donors (Lipinski definition) is 0. The molecule has 0 unspecified atom stereocenters. The first-order chi connectivity index (χ1) is 8.08. The van der Waals surface area contributed by atoms with Gasteiger partial charge in [-0.2, -0.15) is 5.10 Å². The van der Waals surface area contributed by atoms with E-state index in [1.165, 1.54) is 6.07 Å². The summed E-state index contributed by atoms with van der Waals surface area (Å²) in [5, 5.41) is 3.93. The van der Waals surface area contributed by atoms with Crippen LogP contribution in [0.15, 0.2) is 17.1 Å². The molecule has 0 saturated heterocycles. The van der Waals surface area contributed by atoms with Gasteiger partial charge in [-0.25, -0.2) is 4.68 Å². The van der Waals surface area contributed by atoms with E-state index in [1.807, 2.05) is 18.9 Å². The van der Waals surface area contributed by atoms with E-state index in [9.17, 15) is 9.59 Å². The van der Waals surface area contributed by atoms with Crippen molar-refractivity contribution in [1.82, 2.24) is 9.78 Å². The van der Waals surface area contributed by atoms with Gasteiger partial charge in [0.2, 0.25) is 0 Å². The Morgan fingerprint density at radius 3 is 2.76 bits per heavy atom. The Kier molecular flexibility index (Phi) is 4.68. The fourth-order valence-electron chi connectivity index (χ4n) is 1.26. The number of ether oxygens (including phenoxy) is 1. The SMILES string of the molecule is CCOC(=O)Cn1ncc(N(C)CC)cc1=O. The largest absolute Gasteiger partial charge is 0.465 e. The molecule has 0 aliphatic rings. The Hall–Kier alpha value is -1.85. The highest BCUT2D eigenvalue weighted by atomic mass is 16.5. The predicted molar refractivity (Wildman–Crippen MR) is 64.1 cm³/mol. The fourth-order valence-corrected chi connectivity index (χ4v) is 1.26. The van der Waals surface area contributed by atoms with E-state index >= 15 is 0 Å². The minimum Gasteiger partial charge on any atom is -0.465 e. The molecule has 0 atom stereocenters. The van der Waals surface area contributed by atoms with E-state index in [1.54, 1.807) is 13.1 Å². The molecule has 0 radical (unpaired) electrons. The first-order valence-corrected chi connectivity index (χ1v) is 5.52. The minimum atomic E-state index is -0.460. The molecule has 6 heteroatoms. The molecule has 0 fully saturated rings. The minimum absolute atomic E-state index is 0.150. The second kappa shape index (κ2) is 6.03. The lowest BCUT2D eigenvalue weighted by Crippen LogP contribution is -2.28. The normalized spacial score (nSPS) is 10.1. The van der Waals surface area contributed by atoms with Crippen molar-refractivity contribution in [2.24, 2.45) is 0 Å². The van der Waals surface area contributed by atoms with Crippen molar-refractivity contribution in [1.29, 1.82) is 0 Å². The third-order valence-electron chi connectivity index (χ3n) is 2.35. The van der Waals surface area contributed by atoms with Crippen LogP contribution in [0, 0.1) is 0 Å². The molecule has 94 valence electrons. The number of hydrogen-bond acceptors (Lipinski definition) is 5. The van der Waals surface area contributed by atoms with Crippen molar-refractivity contribution < 1.29 is 9.53 Å². The standard InChI is InChI=1S/C11H17N3O3/c1-4-13(3)9-6-10(15)14(12-7-9)8-11(16)17-5-2/h6-7H,4-5,8H2,1-3H3. The van der Waals surface area contributed by atoms with Gasteiger partial charge in [0.1, 0.15) is 6.54 Å². The summed E-state index contributed by atoms with van der Waals surface area (Å²) >= 11 is 0. The molecule has 1 heterocycles. The molecular formula is C11H17N3O3. The van der Waals surface area contributed by atoms with Crippen LogP contribution in [-0.4, -0.2) is 35.9 Å². The average Bonchev–Trinajstić information content (AvgIpc) is 2.31. The number of carbonyl (C=O) groups excluding carboxylic acids is 1. The van der Waals surface area contributed by atoms with E-state index in [2.05, 4.69) is 5.10 Å². The summed E-state index contributed by atoms with van der Waals surface area (Å²) in [6.45, 7) is 4.62. The highest BCUT2D eigenvalue weighted by Gasteiger charge is 2.07. The van der Waals surface area contributed by atoms with Gasteiger partial charge in [-0.05, 0) is 13.8 Å². The fraction of sp³-hybridized carbons (Fsp3) is 0.545. The molecule has 0 aromatic carbocycles.